The molecule has 3 rings (SSSR count). The van der Waals surface area contributed by atoms with Gasteiger partial charge in [-0.05, 0) is 67.1 Å². The molecule has 0 aliphatic heterocycles. The Balaban J connectivity index is 1.37. The van der Waals surface area contributed by atoms with Crippen molar-refractivity contribution in [2.45, 2.75) is 89.9 Å². The highest BCUT2D eigenvalue weighted by Crippen LogP contribution is 2.40. The molecule has 0 amide bonds. The van der Waals surface area contributed by atoms with Gasteiger partial charge in [-0.2, -0.15) is 0 Å². The van der Waals surface area contributed by atoms with Crippen molar-refractivity contribution >= 4 is 0 Å². The summed E-state index contributed by atoms with van der Waals surface area (Å²) in [6, 6.07) is 4.47. The Bertz CT molecular complexity index is 523. The lowest BCUT2D eigenvalue weighted by molar-refractivity contribution is 0.224. The van der Waals surface area contributed by atoms with Crippen molar-refractivity contribution in [2.24, 2.45) is 17.8 Å². The van der Waals surface area contributed by atoms with Gasteiger partial charge in [-0.1, -0.05) is 64.4 Å². The van der Waals surface area contributed by atoms with Gasteiger partial charge in [0.1, 0.15) is 0 Å². The zero-order valence-electron chi connectivity index (χ0n) is 15.8. The van der Waals surface area contributed by atoms with Gasteiger partial charge in [0.25, 0.3) is 0 Å². The number of rotatable bonds is 6. The van der Waals surface area contributed by atoms with E-state index in [1.54, 1.807) is 6.07 Å². The van der Waals surface area contributed by atoms with Crippen LogP contribution < -0.4 is 0 Å². The highest BCUT2D eigenvalue weighted by atomic mass is 19.2. The maximum atomic E-state index is 13.4. The third-order valence-corrected chi connectivity index (χ3v) is 6.91. The van der Waals surface area contributed by atoms with Crippen molar-refractivity contribution in [3.63, 3.8) is 0 Å². The first-order valence-electron chi connectivity index (χ1n) is 10.6. The summed E-state index contributed by atoms with van der Waals surface area (Å²) < 4.78 is 26.5. The quantitative estimate of drug-likeness (QED) is 0.496. The zero-order valence-corrected chi connectivity index (χ0v) is 15.8. The normalized spacial score (nSPS) is 30.4. The van der Waals surface area contributed by atoms with Crippen LogP contribution in [0.3, 0.4) is 0 Å². The number of halogens is 2. The van der Waals surface area contributed by atoms with Gasteiger partial charge in [0.05, 0.1) is 0 Å². The largest absolute Gasteiger partial charge is 0.204 e. The van der Waals surface area contributed by atoms with E-state index in [2.05, 4.69) is 6.92 Å². The third kappa shape index (κ3) is 5.28. The van der Waals surface area contributed by atoms with Gasteiger partial charge in [-0.15, -0.1) is 0 Å². The van der Waals surface area contributed by atoms with Crippen LogP contribution in [0.2, 0.25) is 0 Å². The average molecular weight is 349 g/mol. The van der Waals surface area contributed by atoms with Gasteiger partial charge in [-0.3, -0.25) is 0 Å². The molecule has 0 N–H and O–H groups in total. The van der Waals surface area contributed by atoms with E-state index in [4.69, 9.17) is 0 Å². The average Bonchev–Trinajstić information content (AvgIpc) is 2.64. The molecule has 0 bridgehead atoms. The highest BCUT2D eigenvalue weighted by Gasteiger charge is 2.25. The molecule has 0 aromatic heterocycles. The summed E-state index contributed by atoms with van der Waals surface area (Å²) in [5.74, 6) is 1.83. The molecule has 2 aliphatic carbocycles. The molecule has 1 aromatic rings. The lowest BCUT2D eigenvalue weighted by atomic mass is 9.74. The summed E-state index contributed by atoms with van der Waals surface area (Å²) >= 11 is 0. The molecule has 2 aliphatic rings. The summed E-state index contributed by atoms with van der Waals surface area (Å²) in [4.78, 5) is 0. The molecule has 0 saturated heterocycles. The lowest BCUT2D eigenvalue weighted by Crippen LogP contribution is -2.17. The first kappa shape index (κ1) is 18.9. The number of benzene rings is 1. The van der Waals surface area contributed by atoms with Crippen molar-refractivity contribution in [3.05, 3.63) is 35.4 Å². The van der Waals surface area contributed by atoms with Crippen LogP contribution in [0, 0.1) is 29.4 Å². The zero-order chi connectivity index (χ0) is 17.6. The third-order valence-electron chi connectivity index (χ3n) is 6.91. The minimum atomic E-state index is -0.730. The van der Waals surface area contributed by atoms with Gasteiger partial charge in [-0.25, -0.2) is 8.78 Å². The Kier molecular flexibility index (Phi) is 6.90. The highest BCUT2D eigenvalue weighted by molar-refractivity contribution is 5.22. The van der Waals surface area contributed by atoms with E-state index in [0.717, 1.165) is 36.2 Å². The summed E-state index contributed by atoms with van der Waals surface area (Å²) in [5, 5.41) is 0. The Hall–Kier alpha value is -0.920. The predicted octanol–water partition coefficient (Wildman–Crippen LogP) is 7.63. The van der Waals surface area contributed by atoms with Crippen molar-refractivity contribution in [2.75, 3.05) is 0 Å². The second-order valence-corrected chi connectivity index (χ2v) is 8.64. The fraction of sp³-hybridized carbons (Fsp3) is 0.739. The first-order chi connectivity index (χ1) is 12.2. The Morgan fingerprint density at radius 3 is 1.76 bits per heavy atom. The van der Waals surface area contributed by atoms with Crippen LogP contribution in [-0.2, 0) is 0 Å². The van der Waals surface area contributed by atoms with Crippen LogP contribution in [0.25, 0.3) is 0 Å². The maximum absolute atomic E-state index is 13.4. The van der Waals surface area contributed by atoms with Crippen LogP contribution in [0.1, 0.15) is 95.5 Å². The number of hydrogen-bond donors (Lipinski definition) is 0. The van der Waals surface area contributed by atoms with Gasteiger partial charge < -0.3 is 0 Å². The Morgan fingerprint density at radius 2 is 1.24 bits per heavy atom. The van der Waals surface area contributed by atoms with E-state index in [0.29, 0.717) is 5.92 Å². The standard InChI is InChI=1S/C23H34F2/c1-2-3-17-4-6-18(7-5-17)8-9-19-10-12-20(13-11-19)21-14-15-22(24)23(25)16-21/h14-20H,2-13H2,1H3/t17-,18-,19?,20?. The first-order valence-corrected chi connectivity index (χ1v) is 10.6. The van der Waals surface area contributed by atoms with Gasteiger partial charge in [0.15, 0.2) is 11.6 Å². The molecule has 2 heteroatoms. The maximum Gasteiger partial charge on any atom is 0.159 e. The van der Waals surface area contributed by atoms with Gasteiger partial charge in [0, 0.05) is 0 Å². The Labute approximate surface area is 152 Å². The minimum Gasteiger partial charge on any atom is -0.204 e. The summed E-state index contributed by atoms with van der Waals surface area (Å²) in [7, 11) is 0. The lowest BCUT2D eigenvalue weighted by Gasteiger charge is -2.32. The van der Waals surface area contributed by atoms with E-state index in [1.807, 2.05) is 0 Å². The molecule has 25 heavy (non-hydrogen) atoms. The van der Waals surface area contributed by atoms with Crippen molar-refractivity contribution in [1.82, 2.24) is 0 Å². The fourth-order valence-electron chi connectivity index (χ4n) is 5.24. The van der Waals surface area contributed by atoms with Crippen LogP contribution >= 0.6 is 0 Å². The molecule has 0 unspecified atom stereocenters. The second-order valence-electron chi connectivity index (χ2n) is 8.64. The SMILES string of the molecule is CCC[C@H]1CC[C@H](CCC2CCC(c3ccc(F)c(F)c3)CC2)CC1. The monoisotopic (exact) mass is 348 g/mol. The van der Waals surface area contributed by atoms with Crippen molar-refractivity contribution < 1.29 is 8.78 Å². The van der Waals surface area contributed by atoms with E-state index in [9.17, 15) is 8.78 Å². The molecular formula is C23H34F2. The smallest absolute Gasteiger partial charge is 0.159 e. The van der Waals surface area contributed by atoms with E-state index < -0.39 is 11.6 Å². The van der Waals surface area contributed by atoms with Gasteiger partial charge >= 0.3 is 0 Å². The van der Waals surface area contributed by atoms with E-state index >= 15 is 0 Å². The summed E-state index contributed by atoms with van der Waals surface area (Å²) in [5.41, 5.74) is 0.992. The molecule has 2 fully saturated rings. The van der Waals surface area contributed by atoms with Crippen LogP contribution in [0.5, 0.6) is 0 Å². The molecule has 2 saturated carbocycles. The van der Waals surface area contributed by atoms with Crippen LogP contribution in [0.4, 0.5) is 8.78 Å². The van der Waals surface area contributed by atoms with Crippen molar-refractivity contribution in [1.29, 1.82) is 0 Å². The van der Waals surface area contributed by atoms with Crippen LogP contribution in [0.15, 0.2) is 18.2 Å². The Morgan fingerprint density at radius 1 is 0.720 bits per heavy atom. The topological polar surface area (TPSA) is 0 Å². The fourth-order valence-corrected chi connectivity index (χ4v) is 5.24. The predicted molar refractivity (Wildman–Crippen MR) is 101 cm³/mol. The van der Waals surface area contributed by atoms with E-state index in [1.165, 1.54) is 76.3 Å². The molecule has 0 radical (unpaired) electrons. The van der Waals surface area contributed by atoms with Crippen molar-refractivity contribution in [3.8, 4) is 0 Å². The molecule has 0 heterocycles. The van der Waals surface area contributed by atoms with Gasteiger partial charge in [0.2, 0.25) is 0 Å². The summed E-state index contributed by atoms with van der Waals surface area (Å²) in [6.07, 6.45) is 16.2. The minimum absolute atomic E-state index is 0.427. The molecule has 1 aromatic carbocycles. The molecular weight excluding hydrogens is 314 g/mol. The molecule has 0 atom stereocenters. The molecule has 0 nitrogen and oxygen atoms in total. The number of hydrogen-bond acceptors (Lipinski definition) is 0. The summed E-state index contributed by atoms with van der Waals surface area (Å²) in [6.45, 7) is 2.31. The molecule has 140 valence electrons. The second kappa shape index (κ2) is 9.14. The molecule has 0 spiro atoms. The van der Waals surface area contributed by atoms with Crippen LogP contribution in [-0.4, -0.2) is 0 Å². The van der Waals surface area contributed by atoms with E-state index in [-0.39, 0.29) is 0 Å².